The van der Waals surface area contributed by atoms with Crippen LogP contribution >= 0.6 is 15.9 Å². The van der Waals surface area contributed by atoms with E-state index < -0.39 is 5.97 Å². The lowest BCUT2D eigenvalue weighted by Crippen LogP contribution is -2.09. The van der Waals surface area contributed by atoms with Crippen LogP contribution in [0.15, 0.2) is 28.7 Å². The first-order chi connectivity index (χ1) is 5.24. The summed E-state index contributed by atoms with van der Waals surface area (Å²) in [5.41, 5.74) is 0.440. The zero-order chi connectivity index (χ0) is 8.27. The number of carbonyl (C=O) groups excluding carboxylic acids is 1. The van der Waals surface area contributed by atoms with Gasteiger partial charge in [0.1, 0.15) is 0 Å². The van der Waals surface area contributed by atoms with Gasteiger partial charge in [0.25, 0.3) is 0 Å². The van der Waals surface area contributed by atoms with Crippen molar-refractivity contribution in [1.82, 2.24) is 0 Å². The molecule has 0 aliphatic heterocycles. The number of halogens is 1. The first-order valence-electron chi connectivity index (χ1n) is 2.90. The van der Waals surface area contributed by atoms with E-state index in [1.807, 2.05) is 0 Å². The monoisotopic (exact) mass is 215 g/mol. The van der Waals surface area contributed by atoms with Gasteiger partial charge in [-0.2, -0.15) is 5.90 Å². The molecular weight excluding hydrogens is 210 g/mol. The van der Waals surface area contributed by atoms with Crippen molar-refractivity contribution in [2.75, 3.05) is 0 Å². The zero-order valence-electron chi connectivity index (χ0n) is 5.58. The van der Waals surface area contributed by atoms with Crippen LogP contribution in [-0.4, -0.2) is 5.97 Å². The molecule has 1 aromatic carbocycles. The Bertz CT molecular complexity index is 258. The molecule has 58 valence electrons. The molecule has 0 unspecified atom stereocenters. The van der Waals surface area contributed by atoms with Gasteiger partial charge in [0, 0.05) is 4.47 Å². The number of nitrogens with two attached hydrogens (primary N) is 1. The molecule has 3 nitrogen and oxygen atoms in total. The van der Waals surface area contributed by atoms with Gasteiger partial charge in [-0.3, -0.25) is 0 Å². The summed E-state index contributed by atoms with van der Waals surface area (Å²) in [4.78, 5) is 14.8. The van der Waals surface area contributed by atoms with Crippen molar-refractivity contribution < 1.29 is 9.63 Å². The molecule has 11 heavy (non-hydrogen) atoms. The Hall–Kier alpha value is -0.870. The van der Waals surface area contributed by atoms with Gasteiger partial charge in [-0.1, -0.05) is 15.9 Å². The highest BCUT2D eigenvalue weighted by Crippen LogP contribution is 2.10. The highest BCUT2D eigenvalue weighted by molar-refractivity contribution is 9.10. The van der Waals surface area contributed by atoms with Crippen LogP contribution in [0.4, 0.5) is 0 Å². The molecule has 0 saturated carbocycles. The molecule has 0 saturated heterocycles. The SMILES string of the molecule is NOC(=O)c1ccc(Br)cc1. The van der Waals surface area contributed by atoms with Crippen molar-refractivity contribution in [3.05, 3.63) is 34.3 Å². The summed E-state index contributed by atoms with van der Waals surface area (Å²) in [5, 5.41) is 0. The van der Waals surface area contributed by atoms with Gasteiger partial charge in [-0.25, -0.2) is 4.79 Å². The molecule has 0 atom stereocenters. The lowest BCUT2D eigenvalue weighted by Gasteiger charge is -1.96. The summed E-state index contributed by atoms with van der Waals surface area (Å²) >= 11 is 3.23. The second-order valence-electron chi connectivity index (χ2n) is 1.91. The van der Waals surface area contributed by atoms with E-state index in [0.29, 0.717) is 5.56 Å². The Balaban J connectivity index is 2.90. The van der Waals surface area contributed by atoms with Crippen molar-refractivity contribution in [3.8, 4) is 0 Å². The van der Waals surface area contributed by atoms with Gasteiger partial charge < -0.3 is 4.84 Å². The third-order valence-electron chi connectivity index (χ3n) is 1.19. The van der Waals surface area contributed by atoms with Gasteiger partial charge >= 0.3 is 5.97 Å². The van der Waals surface area contributed by atoms with Crippen molar-refractivity contribution in [3.63, 3.8) is 0 Å². The molecule has 0 fully saturated rings. The van der Waals surface area contributed by atoms with E-state index in [-0.39, 0.29) is 0 Å². The molecule has 0 spiro atoms. The van der Waals surface area contributed by atoms with Crippen molar-refractivity contribution in [2.45, 2.75) is 0 Å². The lowest BCUT2D eigenvalue weighted by molar-refractivity contribution is 0.0503. The summed E-state index contributed by atoms with van der Waals surface area (Å²) in [6.07, 6.45) is 0. The summed E-state index contributed by atoms with van der Waals surface area (Å²) in [6, 6.07) is 6.73. The molecular formula is C7H6BrNO2. The summed E-state index contributed by atoms with van der Waals surface area (Å²) in [7, 11) is 0. The van der Waals surface area contributed by atoms with E-state index in [2.05, 4.69) is 26.7 Å². The van der Waals surface area contributed by atoms with E-state index in [0.717, 1.165) is 4.47 Å². The van der Waals surface area contributed by atoms with Gasteiger partial charge in [0.2, 0.25) is 0 Å². The average molecular weight is 216 g/mol. The Morgan fingerprint density at radius 2 is 1.91 bits per heavy atom. The Morgan fingerprint density at radius 3 is 2.36 bits per heavy atom. The molecule has 0 heterocycles. The van der Waals surface area contributed by atoms with Gasteiger partial charge in [-0.05, 0) is 24.3 Å². The predicted molar refractivity (Wildman–Crippen MR) is 43.7 cm³/mol. The van der Waals surface area contributed by atoms with Crippen molar-refractivity contribution in [2.24, 2.45) is 5.90 Å². The maximum Gasteiger partial charge on any atom is 0.356 e. The molecule has 0 aliphatic rings. The minimum absolute atomic E-state index is 0.440. The van der Waals surface area contributed by atoms with E-state index in [1.54, 1.807) is 24.3 Å². The summed E-state index contributed by atoms with van der Waals surface area (Å²) in [6.45, 7) is 0. The Kier molecular flexibility index (Phi) is 2.62. The van der Waals surface area contributed by atoms with Gasteiger partial charge in [0.15, 0.2) is 0 Å². The second kappa shape index (κ2) is 3.50. The number of hydrogen-bond donors (Lipinski definition) is 1. The number of carbonyl (C=O) groups is 1. The van der Waals surface area contributed by atoms with Crippen LogP contribution in [0.25, 0.3) is 0 Å². The van der Waals surface area contributed by atoms with E-state index in [4.69, 9.17) is 0 Å². The van der Waals surface area contributed by atoms with Gasteiger partial charge in [-0.15, -0.1) is 0 Å². The minimum atomic E-state index is -0.530. The van der Waals surface area contributed by atoms with Crippen LogP contribution in [0, 0.1) is 0 Å². The van der Waals surface area contributed by atoms with Crippen LogP contribution in [0.1, 0.15) is 10.4 Å². The quantitative estimate of drug-likeness (QED) is 0.723. The van der Waals surface area contributed by atoms with Crippen LogP contribution in [0.2, 0.25) is 0 Å². The highest BCUT2D eigenvalue weighted by atomic mass is 79.9. The first kappa shape index (κ1) is 8.23. The smallest absolute Gasteiger partial charge is 0.356 e. The average Bonchev–Trinajstić information content (AvgIpc) is 2.05. The van der Waals surface area contributed by atoms with E-state index in [9.17, 15) is 4.79 Å². The molecule has 0 bridgehead atoms. The van der Waals surface area contributed by atoms with Crippen LogP contribution in [0.5, 0.6) is 0 Å². The molecule has 1 aromatic rings. The molecule has 0 aliphatic carbocycles. The first-order valence-corrected chi connectivity index (χ1v) is 3.70. The topological polar surface area (TPSA) is 52.3 Å². The molecule has 0 amide bonds. The summed E-state index contributed by atoms with van der Waals surface area (Å²) in [5.74, 6) is 4.15. The normalized spacial score (nSPS) is 9.27. The second-order valence-corrected chi connectivity index (χ2v) is 2.83. The zero-order valence-corrected chi connectivity index (χ0v) is 7.17. The fourth-order valence-electron chi connectivity index (χ4n) is 0.654. The third kappa shape index (κ3) is 2.03. The molecule has 0 aromatic heterocycles. The largest absolute Gasteiger partial charge is 0.370 e. The predicted octanol–water partition coefficient (Wildman–Crippen LogP) is 1.48. The standard InChI is InChI=1S/C7H6BrNO2/c8-6-3-1-5(2-4-6)7(10)11-9/h1-4H,9H2. The van der Waals surface area contributed by atoms with Crippen LogP contribution in [0.3, 0.4) is 0 Å². The van der Waals surface area contributed by atoms with E-state index in [1.165, 1.54) is 0 Å². The maximum atomic E-state index is 10.8. The maximum absolute atomic E-state index is 10.8. The third-order valence-corrected chi connectivity index (χ3v) is 1.72. The molecule has 2 N–H and O–H groups in total. The van der Waals surface area contributed by atoms with Crippen LogP contribution in [-0.2, 0) is 4.84 Å². The molecule has 4 heteroatoms. The van der Waals surface area contributed by atoms with E-state index >= 15 is 0 Å². The number of rotatable bonds is 1. The van der Waals surface area contributed by atoms with Crippen molar-refractivity contribution >= 4 is 21.9 Å². The fraction of sp³-hybridized carbons (Fsp3) is 0. The minimum Gasteiger partial charge on any atom is -0.370 e. The Labute approximate surface area is 72.2 Å². The lowest BCUT2D eigenvalue weighted by atomic mass is 10.2. The number of hydrogen-bond acceptors (Lipinski definition) is 3. The molecule has 0 radical (unpaired) electrons. The Morgan fingerprint density at radius 1 is 1.36 bits per heavy atom. The highest BCUT2D eigenvalue weighted by Gasteiger charge is 2.03. The van der Waals surface area contributed by atoms with Crippen molar-refractivity contribution in [1.29, 1.82) is 0 Å². The van der Waals surface area contributed by atoms with Crippen LogP contribution < -0.4 is 5.90 Å². The summed E-state index contributed by atoms with van der Waals surface area (Å²) < 4.78 is 0.908. The van der Waals surface area contributed by atoms with Gasteiger partial charge in [0.05, 0.1) is 5.56 Å². The fourth-order valence-corrected chi connectivity index (χ4v) is 0.918. The molecule has 1 rings (SSSR count). The number of benzene rings is 1.